The maximum Gasteiger partial charge on any atom is 0.254 e. The van der Waals surface area contributed by atoms with Crippen LogP contribution in [0.1, 0.15) is 42.6 Å². The fraction of sp³-hybridized carbons (Fsp3) is 0.389. The monoisotopic (exact) mass is 360 g/mol. The molecular formula is C18H21BrN2O. The minimum atomic E-state index is 0. The summed E-state index contributed by atoms with van der Waals surface area (Å²) in [5.74, 6) is 2.01. The van der Waals surface area contributed by atoms with Gasteiger partial charge in [-0.2, -0.15) is 0 Å². The van der Waals surface area contributed by atoms with E-state index in [2.05, 4.69) is 28.8 Å². The molecule has 1 fully saturated rings. The predicted octanol–water partition coefficient (Wildman–Crippen LogP) is 0.179. The molecular weight excluding hydrogens is 340 g/mol. The number of nitrogens with two attached hydrogens (primary N) is 1. The zero-order valence-electron chi connectivity index (χ0n) is 12.6. The molecule has 22 heavy (non-hydrogen) atoms. The van der Waals surface area contributed by atoms with Crippen LogP contribution in [-0.2, 0) is 18.5 Å². The van der Waals surface area contributed by atoms with Crippen molar-refractivity contribution < 1.29 is 26.0 Å². The highest BCUT2D eigenvalue weighted by atomic mass is 79.9. The van der Waals surface area contributed by atoms with E-state index in [-0.39, 0.29) is 22.4 Å². The summed E-state index contributed by atoms with van der Waals surface area (Å²) < 4.78 is 7.81. The third kappa shape index (κ3) is 2.30. The van der Waals surface area contributed by atoms with Crippen molar-refractivity contribution in [1.82, 2.24) is 0 Å². The molecule has 4 rings (SSSR count). The van der Waals surface area contributed by atoms with E-state index >= 15 is 0 Å². The topological polar surface area (TPSA) is 42.2 Å². The molecule has 116 valence electrons. The quantitative estimate of drug-likeness (QED) is 0.776. The molecule has 0 amide bonds. The van der Waals surface area contributed by atoms with E-state index in [0.717, 1.165) is 24.7 Å². The maximum atomic E-state index is 6.65. The van der Waals surface area contributed by atoms with Gasteiger partial charge in [0.25, 0.3) is 5.84 Å². The molecule has 2 aliphatic rings. The molecule has 0 bridgehead atoms. The molecule has 1 saturated carbocycles. The Balaban J connectivity index is 0.00000144. The number of benzene rings is 1. The van der Waals surface area contributed by atoms with Gasteiger partial charge in [0.15, 0.2) is 0 Å². The van der Waals surface area contributed by atoms with Gasteiger partial charge < -0.3 is 21.4 Å². The molecule has 2 N–H and O–H groups in total. The van der Waals surface area contributed by atoms with Crippen LogP contribution >= 0.6 is 0 Å². The summed E-state index contributed by atoms with van der Waals surface area (Å²) in [5.41, 5.74) is 9.58. The number of furan rings is 1. The van der Waals surface area contributed by atoms with Gasteiger partial charge in [-0.3, -0.25) is 10.3 Å². The van der Waals surface area contributed by atoms with Gasteiger partial charge in [-0.1, -0.05) is 37.1 Å². The van der Waals surface area contributed by atoms with Crippen LogP contribution in [0, 0.1) is 0 Å². The molecule has 0 saturated heterocycles. The average Bonchev–Trinajstić information content (AvgIpc) is 3.17. The normalized spacial score (nSPS) is 19.1. The van der Waals surface area contributed by atoms with E-state index in [1.165, 1.54) is 36.8 Å². The molecule has 1 aromatic heterocycles. The number of hydrogen-bond donors (Lipinski definition) is 1. The lowest BCUT2D eigenvalue weighted by Gasteiger charge is -2.33. The van der Waals surface area contributed by atoms with Crippen molar-refractivity contribution in [2.45, 2.75) is 44.2 Å². The van der Waals surface area contributed by atoms with Gasteiger partial charge in [0.05, 0.1) is 11.7 Å². The Morgan fingerprint density at radius 2 is 1.86 bits per heavy atom. The molecule has 1 spiro atoms. The Labute approximate surface area is 141 Å². The predicted molar refractivity (Wildman–Crippen MR) is 82.2 cm³/mol. The number of fused-ring (bicyclic) bond motifs is 2. The van der Waals surface area contributed by atoms with Crippen LogP contribution in [0.5, 0.6) is 0 Å². The molecule has 1 aromatic carbocycles. The first kappa shape index (κ1) is 15.3. The van der Waals surface area contributed by atoms with Gasteiger partial charge in [-0.05, 0) is 36.1 Å². The van der Waals surface area contributed by atoms with Crippen molar-refractivity contribution in [2.75, 3.05) is 0 Å². The van der Waals surface area contributed by atoms with Gasteiger partial charge in [0, 0.05) is 0 Å². The molecule has 1 aliphatic carbocycles. The van der Waals surface area contributed by atoms with Gasteiger partial charge in [-0.25, -0.2) is 0 Å². The number of hydrogen-bond acceptors (Lipinski definition) is 2. The minimum Gasteiger partial charge on any atom is -1.00 e. The summed E-state index contributed by atoms with van der Waals surface area (Å²) in [6, 6.07) is 12.8. The summed E-state index contributed by atoms with van der Waals surface area (Å²) >= 11 is 0. The fourth-order valence-corrected chi connectivity index (χ4v) is 4.09. The third-order valence-corrected chi connectivity index (χ3v) is 5.11. The number of rotatable bonds is 2. The van der Waals surface area contributed by atoms with Crippen LogP contribution in [0.4, 0.5) is 0 Å². The summed E-state index contributed by atoms with van der Waals surface area (Å²) in [6.07, 6.45) is 6.61. The largest absolute Gasteiger partial charge is 1.00 e. The van der Waals surface area contributed by atoms with Crippen LogP contribution in [0.15, 0.2) is 47.1 Å². The van der Waals surface area contributed by atoms with Crippen LogP contribution in [0.2, 0.25) is 0 Å². The highest BCUT2D eigenvalue weighted by Crippen LogP contribution is 2.44. The lowest BCUT2D eigenvalue weighted by Crippen LogP contribution is -3.00. The number of halogens is 1. The van der Waals surface area contributed by atoms with Crippen molar-refractivity contribution in [2.24, 2.45) is 5.73 Å². The molecule has 0 radical (unpaired) electrons. The Morgan fingerprint density at radius 3 is 2.59 bits per heavy atom. The Kier molecular flexibility index (Phi) is 4.13. The van der Waals surface area contributed by atoms with Crippen LogP contribution in [0.3, 0.4) is 0 Å². The molecule has 3 nitrogen and oxygen atoms in total. The van der Waals surface area contributed by atoms with Gasteiger partial charge in [-0.15, -0.1) is 0 Å². The highest BCUT2D eigenvalue weighted by Gasteiger charge is 2.48. The average molecular weight is 361 g/mol. The Bertz CT molecular complexity index is 685. The molecule has 2 aromatic rings. The fourth-order valence-electron chi connectivity index (χ4n) is 4.09. The first-order chi connectivity index (χ1) is 10.3. The van der Waals surface area contributed by atoms with E-state index in [9.17, 15) is 0 Å². The smallest absolute Gasteiger partial charge is 0.254 e. The van der Waals surface area contributed by atoms with Gasteiger partial charge >= 0.3 is 0 Å². The van der Waals surface area contributed by atoms with Crippen LogP contribution in [0.25, 0.3) is 0 Å². The maximum absolute atomic E-state index is 6.65. The second-order valence-electron chi connectivity index (χ2n) is 6.27. The second kappa shape index (κ2) is 5.92. The van der Waals surface area contributed by atoms with E-state index < -0.39 is 0 Å². The summed E-state index contributed by atoms with van der Waals surface area (Å²) in [5, 5.41) is 0. The van der Waals surface area contributed by atoms with E-state index in [1.54, 1.807) is 6.26 Å². The number of amidine groups is 1. The van der Waals surface area contributed by atoms with Crippen molar-refractivity contribution in [3.05, 3.63) is 59.5 Å². The second-order valence-corrected chi connectivity index (χ2v) is 6.27. The first-order valence-electron chi connectivity index (χ1n) is 7.78. The standard InChI is InChI=1S/C18H20N2O.BrH/c19-17-18(9-3-4-10-18)16-8-2-1-6-14(16)12-20(17)13-15-7-5-11-21-15;/h1-2,5-8,11,19H,3-4,9-10,12-13H2;1H. The lowest BCUT2D eigenvalue weighted by atomic mass is 9.73. The van der Waals surface area contributed by atoms with Crippen molar-refractivity contribution in [3.63, 3.8) is 0 Å². The molecule has 1 aliphatic heterocycles. The van der Waals surface area contributed by atoms with E-state index in [0.29, 0.717) is 0 Å². The van der Waals surface area contributed by atoms with Crippen molar-refractivity contribution in [1.29, 1.82) is 0 Å². The molecule has 2 heterocycles. The third-order valence-electron chi connectivity index (χ3n) is 5.11. The van der Waals surface area contributed by atoms with Gasteiger partial charge in [0.2, 0.25) is 0 Å². The summed E-state index contributed by atoms with van der Waals surface area (Å²) in [6.45, 7) is 1.64. The highest BCUT2D eigenvalue weighted by molar-refractivity contribution is 5.89. The zero-order valence-corrected chi connectivity index (χ0v) is 14.2. The zero-order chi connectivity index (χ0) is 14.3. The van der Waals surface area contributed by atoms with Gasteiger partial charge in [0.1, 0.15) is 18.8 Å². The number of nitrogens with zero attached hydrogens (tertiary/aromatic N) is 1. The minimum absolute atomic E-state index is 0. The first-order valence-corrected chi connectivity index (χ1v) is 7.78. The summed E-state index contributed by atoms with van der Waals surface area (Å²) in [4.78, 5) is 0. The molecule has 0 atom stereocenters. The van der Waals surface area contributed by atoms with Crippen molar-refractivity contribution >= 4 is 5.84 Å². The Morgan fingerprint density at radius 1 is 1.09 bits per heavy atom. The molecule has 0 unspecified atom stereocenters. The SMILES string of the molecule is NC1=[N+](Cc2ccco2)Cc2ccccc2C12CCCC2.[Br-]. The summed E-state index contributed by atoms with van der Waals surface area (Å²) in [7, 11) is 0. The van der Waals surface area contributed by atoms with E-state index in [4.69, 9.17) is 10.2 Å². The van der Waals surface area contributed by atoms with Crippen LogP contribution < -0.4 is 22.7 Å². The lowest BCUT2D eigenvalue weighted by molar-refractivity contribution is -0.567. The molecule has 4 heteroatoms. The van der Waals surface area contributed by atoms with Crippen LogP contribution in [-0.4, -0.2) is 10.4 Å². The van der Waals surface area contributed by atoms with Crippen molar-refractivity contribution in [3.8, 4) is 0 Å². The Hall–Kier alpha value is -1.55. The van der Waals surface area contributed by atoms with E-state index in [1.807, 2.05) is 12.1 Å².